The molecule has 7 rings (SSSR count). The van der Waals surface area contributed by atoms with Crippen molar-refractivity contribution in [3.05, 3.63) is 206 Å². The van der Waals surface area contributed by atoms with Gasteiger partial charge in [-0.2, -0.15) is 0 Å². The molecular weight excluding hydrogens is 741 g/mol. The number of benzene rings is 6. The summed E-state index contributed by atoms with van der Waals surface area (Å²) in [5, 5.41) is 0.882. The molecule has 0 bridgehead atoms. The van der Waals surface area contributed by atoms with E-state index in [4.69, 9.17) is 32.7 Å². The molecule has 6 aromatic carbocycles. The molecule has 270 valence electrons. The number of hydrogen-bond donors (Lipinski definition) is 0. The van der Waals surface area contributed by atoms with Crippen LogP contribution < -0.4 is 4.90 Å². The summed E-state index contributed by atoms with van der Waals surface area (Å²) >= 11 is 12.0. The van der Waals surface area contributed by atoms with Gasteiger partial charge in [0.15, 0.2) is 12.2 Å². The Hall–Kier alpha value is -6.68. The fourth-order valence-electron chi connectivity index (χ4n) is 6.03. The van der Waals surface area contributed by atoms with Crippen molar-refractivity contribution in [1.82, 2.24) is 0 Å². The van der Waals surface area contributed by atoms with Crippen LogP contribution in [0.25, 0.3) is 0 Å². The van der Waals surface area contributed by atoms with E-state index in [0.717, 1.165) is 4.90 Å². The molecule has 0 N–H and O–H groups in total. The average Bonchev–Trinajstić information content (AvgIpc) is 3.47. The Bertz CT molecular complexity index is 2450. The summed E-state index contributed by atoms with van der Waals surface area (Å²) in [6.45, 7) is 0. The van der Waals surface area contributed by atoms with Crippen LogP contribution >= 0.6 is 23.2 Å². The normalized spacial score (nSPS) is 13.1. The summed E-state index contributed by atoms with van der Waals surface area (Å²) in [6.07, 6.45) is -2.56. The number of nitrogens with zero attached hydrogens (tertiary/aromatic N) is 1. The number of ether oxygens (including phenoxy) is 2. The Balaban J connectivity index is 1.08. The SMILES string of the molecule is O=C(O[C@H](C(=O)c1ccc(Cl)cc1)c1ccccc1)c1ccc(N2C(=O)c3ccc(C(=O)O[C@H](C(=O)c4ccc(Cl)cc4)c4ccccc4)cc3C2=O)cc1. The maximum Gasteiger partial charge on any atom is 0.339 e. The Morgan fingerprint density at radius 3 is 1.33 bits per heavy atom. The van der Waals surface area contributed by atoms with Gasteiger partial charge in [0.1, 0.15) is 0 Å². The van der Waals surface area contributed by atoms with Gasteiger partial charge >= 0.3 is 11.9 Å². The lowest BCUT2D eigenvalue weighted by molar-refractivity contribution is 0.0278. The lowest BCUT2D eigenvalue weighted by atomic mass is 9.99. The molecule has 0 aromatic heterocycles. The molecule has 0 radical (unpaired) electrons. The zero-order valence-corrected chi connectivity index (χ0v) is 30.1. The molecule has 0 unspecified atom stereocenters. The molecule has 0 saturated carbocycles. The molecule has 0 aliphatic carbocycles. The average molecular weight is 769 g/mol. The lowest BCUT2D eigenvalue weighted by Gasteiger charge is -2.18. The number of esters is 2. The highest BCUT2D eigenvalue weighted by molar-refractivity contribution is 6.35. The number of fused-ring (bicyclic) bond motifs is 1. The number of imide groups is 1. The lowest BCUT2D eigenvalue weighted by Crippen LogP contribution is -2.29. The number of carbonyl (C=O) groups is 6. The van der Waals surface area contributed by atoms with Crippen molar-refractivity contribution in [2.75, 3.05) is 4.90 Å². The van der Waals surface area contributed by atoms with Gasteiger partial charge in [0, 0.05) is 32.3 Å². The Morgan fingerprint density at radius 2 is 0.855 bits per heavy atom. The van der Waals surface area contributed by atoms with Gasteiger partial charge in [-0.1, -0.05) is 83.9 Å². The maximum atomic E-state index is 13.6. The molecule has 1 aliphatic heterocycles. The summed E-state index contributed by atoms with van der Waals surface area (Å²) in [4.78, 5) is 81.9. The van der Waals surface area contributed by atoms with Gasteiger partial charge in [0.25, 0.3) is 11.8 Å². The molecule has 55 heavy (non-hydrogen) atoms. The number of rotatable bonds is 11. The van der Waals surface area contributed by atoms with Crippen LogP contribution in [0.15, 0.2) is 152 Å². The minimum atomic E-state index is -1.30. The highest BCUT2D eigenvalue weighted by Gasteiger charge is 2.38. The third-order valence-corrected chi connectivity index (χ3v) is 9.38. The van der Waals surface area contributed by atoms with Crippen molar-refractivity contribution in [3.63, 3.8) is 0 Å². The third kappa shape index (κ3) is 7.70. The molecule has 2 atom stereocenters. The van der Waals surface area contributed by atoms with Gasteiger partial charge in [-0.3, -0.25) is 19.2 Å². The Morgan fingerprint density at radius 1 is 0.455 bits per heavy atom. The number of halogens is 2. The number of anilines is 1. The predicted molar refractivity (Wildman–Crippen MR) is 205 cm³/mol. The van der Waals surface area contributed by atoms with Gasteiger partial charge in [0.2, 0.25) is 11.6 Å². The first-order valence-electron chi connectivity index (χ1n) is 16.8. The number of amides is 2. The maximum absolute atomic E-state index is 13.6. The second-order valence-corrected chi connectivity index (χ2v) is 13.3. The van der Waals surface area contributed by atoms with Crippen molar-refractivity contribution in [3.8, 4) is 0 Å². The smallest absolute Gasteiger partial charge is 0.339 e. The van der Waals surface area contributed by atoms with Crippen molar-refractivity contribution in [2.24, 2.45) is 0 Å². The minimum Gasteiger partial charge on any atom is -0.445 e. The van der Waals surface area contributed by atoms with E-state index in [1.54, 1.807) is 97.1 Å². The fourth-order valence-corrected chi connectivity index (χ4v) is 6.28. The van der Waals surface area contributed by atoms with E-state index in [1.807, 2.05) is 0 Å². The van der Waals surface area contributed by atoms with Crippen molar-refractivity contribution >= 4 is 64.2 Å². The molecule has 9 nitrogen and oxygen atoms in total. The second kappa shape index (κ2) is 15.7. The molecule has 11 heteroatoms. The molecule has 0 fully saturated rings. The van der Waals surface area contributed by atoms with E-state index in [0.29, 0.717) is 26.7 Å². The van der Waals surface area contributed by atoms with Crippen LogP contribution in [0.5, 0.6) is 0 Å². The van der Waals surface area contributed by atoms with Gasteiger partial charge in [0.05, 0.1) is 27.9 Å². The zero-order valence-electron chi connectivity index (χ0n) is 28.6. The second-order valence-electron chi connectivity index (χ2n) is 12.4. The first kappa shape index (κ1) is 36.7. The quantitative estimate of drug-likeness (QED) is 0.0726. The summed E-state index contributed by atoms with van der Waals surface area (Å²) in [5.41, 5.74) is 1.64. The molecule has 2 amide bonds. The molecule has 6 aromatic rings. The minimum absolute atomic E-state index is 0.0466. The molecule has 0 saturated heterocycles. The van der Waals surface area contributed by atoms with E-state index < -0.39 is 47.5 Å². The van der Waals surface area contributed by atoms with Crippen LogP contribution in [0, 0.1) is 0 Å². The summed E-state index contributed by atoms with van der Waals surface area (Å²) < 4.78 is 11.5. The van der Waals surface area contributed by atoms with Gasteiger partial charge in [-0.25, -0.2) is 14.5 Å². The van der Waals surface area contributed by atoms with E-state index >= 15 is 0 Å². The van der Waals surface area contributed by atoms with Gasteiger partial charge < -0.3 is 9.47 Å². The van der Waals surface area contributed by atoms with Crippen LogP contribution in [0.4, 0.5) is 5.69 Å². The van der Waals surface area contributed by atoms with Crippen LogP contribution in [-0.2, 0) is 9.47 Å². The highest BCUT2D eigenvalue weighted by Crippen LogP contribution is 2.32. The third-order valence-electron chi connectivity index (χ3n) is 8.87. The van der Waals surface area contributed by atoms with Crippen LogP contribution in [0.3, 0.4) is 0 Å². The number of ketones is 2. The monoisotopic (exact) mass is 767 g/mol. The predicted octanol–water partition coefficient (Wildman–Crippen LogP) is 9.36. The number of hydrogen-bond acceptors (Lipinski definition) is 8. The molecular formula is C44H27Cl2NO8. The fraction of sp³-hybridized carbons (Fsp3) is 0.0455. The van der Waals surface area contributed by atoms with E-state index in [2.05, 4.69) is 0 Å². The van der Waals surface area contributed by atoms with Crippen LogP contribution in [-0.4, -0.2) is 35.3 Å². The van der Waals surface area contributed by atoms with Crippen LogP contribution in [0.1, 0.15) is 85.5 Å². The Kier molecular flexibility index (Phi) is 10.5. The zero-order chi connectivity index (χ0) is 38.6. The first-order chi connectivity index (χ1) is 26.6. The van der Waals surface area contributed by atoms with Crippen LogP contribution in [0.2, 0.25) is 10.0 Å². The van der Waals surface area contributed by atoms with Crippen molar-refractivity contribution in [2.45, 2.75) is 12.2 Å². The van der Waals surface area contributed by atoms with Gasteiger partial charge in [-0.05, 0) is 91.0 Å². The number of Topliss-reactive ketones (excluding diaryl/α,β-unsaturated/α-hetero) is 2. The van der Waals surface area contributed by atoms with E-state index in [-0.39, 0.29) is 33.5 Å². The summed E-state index contributed by atoms with van der Waals surface area (Å²) in [6, 6.07) is 38.9. The van der Waals surface area contributed by atoms with Crippen molar-refractivity contribution in [1.29, 1.82) is 0 Å². The standard InChI is InChI=1S/C44H27Cl2NO8/c45-32-18-11-26(12-19-32)37(48)39(28-7-3-1-4-8-28)54-43(52)30-15-22-34(23-16-30)47-41(50)35-24-17-31(25-36(35)42(47)51)44(53)55-40(29-9-5-2-6-10-29)38(49)27-13-20-33(46)21-14-27/h1-25,39-40H/t39-,40-/m0/s1. The molecule has 0 spiro atoms. The summed E-state index contributed by atoms with van der Waals surface area (Å²) in [5.74, 6) is -3.98. The van der Waals surface area contributed by atoms with E-state index in [1.165, 1.54) is 54.6 Å². The van der Waals surface area contributed by atoms with Gasteiger partial charge in [-0.15, -0.1) is 0 Å². The topological polar surface area (TPSA) is 124 Å². The first-order valence-corrected chi connectivity index (χ1v) is 17.6. The van der Waals surface area contributed by atoms with E-state index in [9.17, 15) is 28.8 Å². The molecule has 1 aliphatic rings. The number of carbonyl (C=O) groups excluding carboxylic acids is 6. The Labute approximate surface area is 324 Å². The van der Waals surface area contributed by atoms with Crippen molar-refractivity contribution < 1.29 is 38.2 Å². The molecule has 1 heterocycles. The highest BCUT2D eigenvalue weighted by atomic mass is 35.5. The largest absolute Gasteiger partial charge is 0.445 e. The summed E-state index contributed by atoms with van der Waals surface area (Å²) in [7, 11) is 0.